The predicted molar refractivity (Wildman–Crippen MR) is 74.8 cm³/mol. The van der Waals surface area contributed by atoms with Crippen LogP contribution >= 0.6 is 0 Å². The van der Waals surface area contributed by atoms with Gasteiger partial charge in [-0.05, 0) is 17.7 Å². The molecule has 0 unspecified atom stereocenters. The predicted octanol–water partition coefficient (Wildman–Crippen LogP) is 2.09. The number of nitrogens with one attached hydrogen (secondary N) is 1. The summed E-state index contributed by atoms with van der Waals surface area (Å²) >= 11 is 0. The van der Waals surface area contributed by atoms with Gasteiger partial charge in [0.2, 0.25) is 0 Å². The van der Waals surface area contributed by atoms with Crippen molar-refractivity contribution in [3.8, 4) is 22.6 Å². The van der Waals surface area contributed by atoms with Crippen LogP contribution in [-0.2, 0) is 16.8 Å². The van der Waals surface area contributed by atoms with Crippen LogP contribution in [0.15, 0.2) is 42.5 Å². The van der Waals surface area contributed by atoms with Crippen LogP contribution in [0.5, 0.6) is 11.5 Å². The molecule has 0 saturated heterocycles. The van der Waals surface area contributed by atoms with Gasteiger partial charge < -0.3 is 8.92 Å². The number of hydrogen-bond acceptors (Lipinski definition) is 4. The molecule has 1 heterocycles. The Bertz CT molecular complexity index is 738. The number of rotatable bonds is 2. The van der Waals surface area contributed by atoms with Crippen molar-refractivity contribution >= 4 is 10.3 Å². The molecule has 0 spiro atoms. The van der Waals surface area contributed by atoms with Gasteiger partial charge in [-0.15, -0.1) is 0 Å². The van der Waals surface area contributed by atoms with Crippen LogP contribution in [0, 0.1) is 0 Å². The van der Waals surface area contributed by atoms with Crippen LogP contribution < -0.4 is 13.6 Å². The molecular weight excluding hydrogens is 278 g/mol. The molecule has 0 aliphatic carbocycles. The van der Waals surface area contributed by atoms with Crippen LogP contribution in [-0.4, -0.2) is 15.5 Å². The summed E-state index contributed by atoms with van der Waals surface area (Å²) in [5.41, 5.74) is 2.43. The van der Waals surface area contributed by atoms with Crippen LogP contribution in [0.4, 0.5) is 0 Å². The van der Waals surface area contributed by atoms with Gasteiger partial charge in [0.05, 0.1) is 7.11 Å². The third-order valence-corrected chi connectivity index (χ3v) is 4.01. The Morgan fingerprint density at radius 3 is 2.60 bits per heavy atom. The molecular formula is C14H13NO4S. The lowest BCUT2D eigenvalue weighted by molar-refractivity contribution is 0.415. The van der Waals surface area contributed by atoms with Crippen LogP contribution in [0.25, 0.3) is 11.1 Å². The molecule has 0 amide bonds. The minimum atomic E-state index is -3.71. The Hall–Kier alpha value is -2.05. The zero-order valence-electron chi connectivity index (χ0n) is 10.8. The van der Waals surface area contributed by atoms with E-state index >= 15 is 0 Å². The highest BCUT2D eigenvalue weighted by molar-refractivity contribution is 7.85. The zero-order chi connectivity index (χ0) is 14.2. The monoisotopic (exact) mass is 291 g/mol. The van der Waals surface area contributed by atoms with E-state index in [4.69, 9.17) is 8.92 Å². The number of methoxy groups -OCH3 is 1. The maximum absolute atomic E-state index is 11.5. The number of hydrogen-bond donors (Lipinski definition) is 1. The fourth-order valence-corrected chi connectivity index (χ4v) is 2.93. The molecule has 1 aliphatic rings. The third kappa shape index (κ3) is 2.35. The van der Waals surface area contributed by atoms with Crippen molar-refractivity contribution in [2.75, 3.05) is 7.11 Å². The minimum absolute atomic E-state index is 0.238. The molecule has 0 aromatic heterocycles. The highest BCUT2D eigenvalue weighted by Crippen LogP contribution is 2.36. The van der Waals surface area contributed by atoms with E-state index in [9.17, 15) is 8.42 Å². The number of para-hydroxylation sites is 1. The van der Waals surface area contributed by atoms with Gasteiger partial charge in [-0.3, -0.25) is 0 Å². The lowest BCUT2D eigenvalue weighted by Crippen LogP contribution is -2.32. The lowest BCUT2D eigenvalue weighted by Gasteiger charge is -2.20. The van der Waals surface area contributed by atoms with E-state index in [0.717, 1.165) is 22.4 Å². The Morgan fingerprint density at radius 2 is 1.90 bits per heavy atom. The molecule has 6 heteroatoms. The quantitative estimate of drug-likeness (QED) is 0.920. The summed E-state index contributed by atoms with van der Waals surface area (Å²) in [6, 6.07) is 12.9. The Labute approximate surface area is 117 Å². The van der Waals surface area contributed by atoms with Crippen molar-refractivity contribution in [2.24, 2.45) is 0 Å². The highest BCUT2D eigenvalue weighted by atomic mass is 32.2. The van der Waals surface area contributed by atoms with Crippen molar-refractivity contribution in [2.45, 2.75) is 6.54 Å². The molecule has 20 heavy (non-hydrogen) atoms. The smallest absolute Gasteiger partial charge is 0.382 e. The molecule has 0 bridgehead atoms. The summed E-state index contributed by atoms with van der Waals surface area (Å²) < 4.78 is 35.6. The van der Waals surface area contributed by atoms with E-state index in [-0.39, 0.29) is 6.54 Å². The van der Waals surface area contributed by atoms with Gasteiger partial charge in [-0.25, -0.2) is 0 Å². The second-order valence-electron chi connectivity index (χ2n) is 4.38. The van der Waals surface area contributed by atoms with Gasteiger partial charge >= 0.3 is 10.3 Å². The Balaban J connectivity index is 2.10. The summed E-state index contributed by atoms with van der Waals surface area (Å²) in [6.07, 6.45) is 0. The summed E-state index contributed by atoms with van der Waals surface area (Å²) in [7, 11) is -2.12. The third-order valence-electron chi connectivity index (χ3n) is 3.13. The van der Waals surface area contributed by atoms with Crippen molar-refractivity contribution < 1.29 is 17.3 Å². The number of benzene rings is 2. The first-order valence-corrected chi connectivity index (χ1v) is 7.45. The molecule has 2 aromatic carbocycles. The maximum Gasteiger partial charge on any atom is 0.382 e. The van der Waals surface area contributed by atoms with Crippen LogP contribution in [0.2, 0.25) is 0 Å². The molecule has 0 atom stereocenters. The van der Waals surface area contributed by atoms with Crippen molar-refractivity contribution in [1.82, 2.24) is 4.72 Å². The average Bonchev–Trinajstić information content (AvgIpc) is 2.46. The summed E-state index contributed by atoms with van der Waals surface area (Å²) in [5.74, 6) is 1.13. The Morgan fingerprint density at radius 1 is 1.15 bits per heavy atom. The Kier molecular flexibility index (Phi) is 3.11. The van der Waals surface area contributed by atoms with Gasteiger partial charge in [0.15, 0.2) is 5.75 Å². The van der Waals surface area contributed by atoms with Gasteiger partial charge in [0.25, 0.3) is 0 Å². The topological polar surface area (TPSA) is 64.6 Å². The second kappa shape index (κ2) is 4.81. The first-order chi connectivity index (χ1) is 9.59. The van der Waals surface area contributed by atoms with Crippen LogP contribution in [0.3, 0.4) is 0 Å². The average molecular weight is 291 g/mol. The largest absolute Gasteiger partial charge is 0.497 e. The summed E-state index contributed by atoms with van der Waals surface area (Å²) in [5, 5.41) is 0. The van der Waals surface area contributed by atoms with Gasteiger partial charge in [0.1, 0.15) is 5.75 Å². The normalized spacial score (nSPS) is 16.1. The SMILES string of the molecule is COc1ccc(-c2cccc3c2OS(=O)(=O)NC3)cc1. The molecule has 0 saturated carbocycles. The summed E-state index contributed by atoms with van der Waals surface area (Å²) in [4.78, 5) is 0. The molecule has 5 nitrogen and oxygen atoms in total. The lowest BCUT2D eigenvalue weighted by atomic mass is 10.0. The molecule has 2 aromatic rings. The fraction of sp³-hybridized carbons (Fsp3) is 0.143. The van der Waals surface area contributed by atoms with Gasteiger partial charge in [0, 0.05) is 17.7 Å². The van der Waals surface area contributed by atoms with Crippen molar-refractivity contribution in [3.63, 3.8) is 0 Å². The standard InChI is InChI=1S/C14H13NO4S/c1-18-12-7-5-10(6-8-12)13-4-2-3-11-9-15-20(16,17)19-14(11)13/h2-8,15H,9H2,1H3. The molecule has 104 valence electrons. The number of ether oxygens (including phenoxy) is 1. The molecule has 1 aliphatic heterocycles. The first-order valence-electron chi connectivity index (χ1n) is 6.04. The molecule has 0 radical (unpaired) electrons. The molecule has 0 fully saturated rings. The summed E-state index contributed by atoms with van der Waals surface area (Å²) in [6.45, 7) is 0.238. The van der Waals surface area contributed by atoms with Crippen LogP contribution in [0.1, 0.15) is 5.56 Å². The maximum atomic E-state index is 11.5. The first kappa shape index (κ1) is 13.0. The van der Waals surface area contributed by atoms with E-state index in [1.54, 1.807) is 7.11 Å². The van der Waals surface area contributed by atoms with E-state index < -0.39 is 10.3 Å². The van der Waals surface area contributed by atoms with Gasteiger partial charge in [-0.2, -0.15) is 13.1 Å². The van der Waals surface area contributed by atoms with Gasteiger partial charge in [-0.1, -0.05) is 30.3 Å². The second-order valence-corrected chi connectivity index (χ2v) is 5.74. The van der Waals surface area contributed by atoms with E-state index in [1.807, 2.05) is 42.5 Å². The fourth-order valence-electron chi connectivity index (χ4n) is 2.13. The van der Waals surface area contributed by atoms with Crippen molar-refractivity contribution in [1.29, 1.82) is 0 Å². The van der Waals surface area contributed by atoms with E-state index in [2.05, 4.69) is 4.72 Å². The van der Waals surface area contributed by atoms with E-state index in [1.165, 1.54) is 0 Å². The molecule has 3 rings (SSSR count). The zero-order valence-corrected chi connectivity index (χ0v) is 11.6. The molecule has 1 N–H and O–H groups in total. The highest BCUT2D eigenvalue weighted by Gasteiger charge is 2.24. The number of fused-ring (bicyclic) bond motifs is 1. The minimum Gasteiger partial charge on any atom is -0.497 e. The van der Waals surface area contributed by atoms with E-state index in [0.29, 0.717) is 5.75 Å². The van der Waals surface area contributed by atoms with Crippen molar-refractivity contribution in [3.05, 3.63) is 48.0 Å².